The molecule has 0 radical (unpaired) electrons. The van der Waals surface area contributed by atoms with Gasteiger partial charge in [0, 0.05) is 30.1 Å². The van der Waals surface area contributed by atoms with Crippen molar-refractivity contribution in [3.8, 4) is 12.3 Å². The maximum absolute atomic E-state index is 13.4. The first kappa shape index (κ1) is 36.5. The first-order valence-corrected chi connectivity index (χ1v) is 22.1. The lowest BCUT2D eigenvalue weighted by Crippen LogP contribution is -2.72. The van der Waals surface area contributed by atoms with E-state index in [1.165, 1.54) is 0 Å². The van der Waals surface area contributed by atoms with Crippen LogP contribution in [0.2, 0.25) is 36.3 Å². The van der Waals surface area contributed by atoms with Crippen molar-refractivity contribution in [3.05, 3.63) is 0 Å². The van der Waals surface area contributed by atoms with Crippen LogP contribution in [0.5, 0.6) is 0 Å². The van der Waals surface area contributed by atoms with E-state index in [9.17, 15) is 4.79 Å². The molecule has 41 heavy (non-hydrogen) atoms. The summed E-state index contributed by atoms with van der Waals surface area (Å²) in [6, 6.07) is 0. The minimum Gasteiger partial charge on any atom is -0.414 e. The number of hydrogen-bond acceptors (Lipinski definition) is 4. The summed E-state index contributed by atoms with van der Waals surface area (Å²) in [7, 11) is -4.16. The fourth-order valence-corrected chi connectivity index (χ4v) is 9.12. The van der Waals surface area contributed by atoms with Crippen molar-refractivity contribution in [1.82, 2.24) is 5.32 Å². The van der Waals surface area contributed by atoms with Gasteiger partial charge in [0.25, 0.3) is 0 Å². The Labute approximate surface area is 256 Å². The fraction of sp³-hybridized carbons (Fsp3) is 0.912. The summed E-state index contributed by atoms with van der Waals surface area (Å²) < 4.78 is 21.7. The SMILES string of the molecule is C#CCC[C@H](C)[C@H](C[C@@H]1O[C@@]2(NC(=O)[C@@H](CC)C[C@@H]2C)[C@@H](C)[C@@H](O[Si](C)(C)C(C)(C)C)[C@H]1C)O[Si](C)(C)C(C)(C)C. The zero-order chi connectivity index (χ0) is 31.8. The minimum atomic E-state index is -2.10. The van der Waals surface area contributed by atoms with E-state index in [4.69, 9.17) is 20.0 Å². The third kappa shape index (κ3) is 7.90. The molecule has 1 N–H and O–H groups in total. The lowest BCUT2D eigenvalue weighted by molar-refractivity contribution is -0.264. The molecule has 7 heteroatoms. The topological polar surface area (TPSA) is 56.8 Å². The quantitative estimate of drug-likeness (QED) is 0.199. The van der Waals surface area contributed by atoms with E-state index in [2.05, 4.69) is 114 Å². The average Bonchev–Trinajstić information content (AvgIpc) is 2.83. The Morgan fingerprint density at radius 2 is 1.63 bits per heavy atom. The molecular formula is C34H65NO4Si2. The van der Waals surface area contributed by atoms with Crippen LogP contribution in [0.1, 0.15) is 108 Å². The van der Waals surface area contributed by atoms with E-state index in [-0.39, 0.29) is 58.0 Å². The summed E-state index contributed by atoms with van der Waals surface area (Å²) in [5.41, 5.74) is -0.753. The molecule has 9 atom stereocenters. The number of carbonyl (C=O) groups is 1. The van der Waals surface area contributed by atoms with Gasteiger partial charge in [0.2, 0.25) is 5.91 Å². The normalized spacial score (nSPS) is 33.3. The number of carbonyl (C=O) groups excluding carboxylic acids is 1. The van der Waals surface area contributed by atoms with Crippen LogP contribution in [0, 0.1) is 41.9 Å². The molecule has 1 spiro atoms. The predicted octanol–water partition coefficient (Wildman–Crippen LogP) is 8.76. The highest BCUT2D eigenvalue weighted by atomic mass is 28.4. The zero-order valence-corrected chi connectivity index (χ0v) is 31.4. The van der Waals surface area contributed by atoms with Crippen LogP contribution in [-0.4, -0.2) is 46.6 Å². The molecule has 2 aliphatic heterocycles. The average molecular weight is 608 g/mol. The Hall–Kier alpha value is -0.656. The van der Waals surface area contributed by atoms with Crippen molar-refractivity contribution in [2.45, 2.75) is 169 Å². The fourth-order valence-electron chi connectivity index (χ4n) is 6.23. The summed E-state index contributed by atoms with van der Waals surface area (Å²) in [4.78, 5) is 13.4. The monoisotopic (exact) mass is 607 g/mol. The molecule has 2 saturated heterocycles. The second-order valence-electron chi connectivity index (χ2n) is 16.5. The highest BCUT2D eigenvalue weighted by molar-refractivity contribution is 6.74. The number of terminal acetylenes is 1. The van der Waals surface area contributed by atoms with Crippen molar-refractivity contribution in [1.29, 1.82) is 0 Å². The first-order chi connectivity index (χ1) is 18.5. The van der Waals surface area contributed by atoms with Crippen molar-refractivity contribution < 1.29 is 18.4 Å². The van der Waals surface area contributed by atoms with Gasteiger partial charge in [0.15, 0.2) is 16.6 Å². The predicted molar refractivity (Wildman–Crippen MR) is 178 cm³/mol. The maximum Gasteiger partial charge on any atom is 0.225 e. The van der Waals surface area contributed by atoms with Gasteiger partial charge in [-0.15, -0.1) is 12.3 Å². The van der Waals surface area contributed by atoms with Gasteiger partial charge >= 0.3 is 0 Å². The van der Waals surface area contributed by atoms with Crippen LogP contribution < -0.4 is 5.32 Å². The molecule has 1 amide bonds. The molecule has 0 aliphatic carbocycles. The van der Waals surface area contributed by atoms with E-state index in [0.717, 1.165) is 32.1 Å². The molecule has 5 nitrogen and oxygen atoms in total. The van der Waals surface area contributed by atoms with Crippen LogP contribution in [0.4, 0.5) is 0 Å². The zero-order valence-electron chi connectivity index (χ0n) is 29.4. The Morgan fingerprint density at radius 1 is 1.07 bits per heavy atom. The van der Waals surface area contributed by atoms with E-state index in [0.29, 0.717) is 5.92 Å². The largest absolute Gasteiger partial charge is 0.414 e. The van der Waals surface area contributed by atoms with Gasteiger partial charge in [-0.1, -0.05) is 76.2 Å². The van der Waals surface area contributed by atoms with Crippen LogP contribution in [-0.2, 0) is 18.4 Å². The smallest absolute Gasteiger partial charge is 0.225 e. The Kier molecular flexibility index (Phi) is 11.7. The molecule has 2 heterocycles. The molecule has 0 aromatic carbocycles. The van der Waals surface area contributed by atoms with Crippen molar-refractivity contribution in [2.75, 3.05) is 0 Å². The summed E-state index contributed by atoms with van der Waals surface area (Å²) >= 11 is 0. The molecule has 0 saturated carbocycles. The molecule has 0 aromatic heterocycles. The van der Waals surface area contributed by atoms with Crippen LogP contribution in [0.15, 0.2) is 0 Å². The van der Waals surface area contributed by atoms with Gasteiger partial charge in [-0.05, 0) is 67.9 Å². The lowest BCUT2D eigenvalue weighted by atomic mass is 9.69. The summed E-state index contributed by atoms with van der Waals surface area (Å²) in [6.07, 6.45) is 9.70. The van der Waals surface area contributed by atoms with Gasteiger partial charge in [-0.25, -0.2) is 0 Å². The highest BCUT2D eigenvalue weighted by Crippen LogP contribution is 2.50. The van der Waals surface area contributed by atoms with Gasteiger partial charge in [-0.2, -0.15) is 0 Å². The Morgan fingerprint density at radius 3 is 2.12 bits per heavy atom. The number of ether oxygens (including phenoxy) is 1. The maximum atomic E-state index is 13.4. The van der Waals surface area contributed by atoms with Crippen molar-refractivity contribution >= 4 is 22.5 Å². The molecule has 0 unspecified atom stereocenters. The minimum absolute atomic E-state index is 0.0219. The van der Waals surface area contributed by atoms with E-state index >= 15 is 0 Å². The van der Waals surface area contributed by atoms with E-state index in [1.807, 2.05) is 0 Å². The van der Waals surface area contributed by atoms with Gasteiger partial charge in [0.1, 0.15) is 5.72 Å². The summed E-state index contributed by atoms with van der Waals surface area (Å²) in [5.74, 6) is 3.65. The Bertz CT molecular complexity index is 930. The number of nitrogens with one attached hydrogen (secondary N) is 1. The highest BCUT2D eigenvalue weighted by Gasteiger charge is 2.59. The first-order valence-electron chi connectivity index (χ1n) is 16.3. The summed E-state index contributed by atoms with van der Waals surface area (Å²) in [5, 5.41) is 3.64. The van der Waals surface area contributed by atoms with Gasteiger partial charge in [0.05, 0.1) is 18.3 Å². The Balaban J connectivity index is 2.57. The molecular weight excluding hydrogens is 543 g/mol. The van der Waals surface area contributed by atoms with Crippen LogP contribution in [0.25, 0.3) is 0 Å². The third-order valence-corrected chi connectivity index (χ3v) is 20.5. The molecule has 2 aliphatic rings. The van der Waals surface area contributed by atoms with Gasteiger partial charge in [-0.3, -0.25) is 4.79 Å². The van der Waals surface area contributed by atoms with E-state index in [1.54, 1.807) is 0 Å². The van der Waals surface area contributed by atoms with Crippen LogP contribution >= 0.6 is 0 Å². The van der Waals surface area contributed by atoms with E-state index < -0.39 is 22.4 Å². The second kappa shape index (κ2) is 13.1. The number of hydrogen-bond donors (Lipinski definition) is 1. The molecule has 238 valence electrons. The number of piperidine rings is 1. The lowest BCUT2D eigenvalue weighted by Gasteiger charge is -2.59. The molecule has 2 fully saturated rings. The number of amides is 1. The third-order valence-electron chi connectivity index (χ3n) is 11.5. The standard InChI is InChI=1S/C34H65NO4Si2/c1-17-19-20-23(3)28(38-40(13,14)32(7,8)9)22-29-25(5)30(39-41(15,16)33(10,11)12)26(6)34(37-29)24(4)21-27(18-2)31(36)35-34/h1,23-30H,18-22H2,2-16H3,(H,35,36)/t23-,24-,25-,26-,27-,28-,29-,30-,34+/m0/s1. The van der Waals surface area contributed by atoms with Crippen molar-refractivity contribution in [2.24, 2.45) is 29.6 Å². The van der Waals surface area contributed by atoms with Crippen LogP contribution in [0.3, 0.4) is 0 Å². The molecule has 2 rings (SSSR count). The number of rotatable bonds is 10. The van der Waals surface area contributed by atoms with Gasteiger partial charge < -0.3 is 18.9 Å². The molecule has 0 aromatic rings. The molecule has 0 bridgehead atoms. The summed E-state index contributed by atoms with van der Waals surface area (Å²) in [6.45, 7) is 34.3. The van der Waals surface area contributed by atoms with Crippen molar-refractivity contribution in [3.63, 3.8) is 0 Å². The second-order valence-corrected chi connectivity index (χ2v) is 26.1.